The van der Waals surface area contributed by atoms with Gasteiger partial charge in [-0.2, -0.15) is 0 Å². The number of aryl methyl sites for hydroxylation is 1. The van der Waals surface area contributed by atoms with Gasteiger partial charge in [0.05, 0.1) is 19.4 Å². The van der Waals surface area contributed by atoms with E-state index in [9.17, 15) is 4.79 Å². The Morgan fingerprint density at radius 1 is 1.16 bits per heavy atom. The molecule has 1 amide bonds. The van der Waals surface area contributed by atoms with E-state index in [1.54, 1.807) is 18.4 Å². The van der Waals surface area contributed by atoms with E-state index in [-0.39, 0.29) is 35.9 Å². The van der Waals surface area contributed by atoms with Crippen molar-refractivity contribution < 1.29 is 9.21 Å². The largest absolute Gasteiger partial charge is 0.467 e. The van der Waals surface area contributed by atoms with Crippen LogP contribution >= 0.6 is 35.3 Å². The van der Waals surface area contributed by atoms with Gasteiger partial charge in [-0.1, -0.05) is 12.1 Å². The number of thiophene rings is 1. The maximum absolute atomic E-state index is 12.4. The minimum Gasteiger partial charge on any atom is -0.467 e. The molecule has 8 heteroatoms. The molecule has 1 atom stereocenters. The summed E-state index contributed by atoms with van der Waals surface area (Å²) in [6, 6.07) is 15.8. The highest BCUT2D eigenvalue weighted by Crippen LogP contribution is 2.16. The van der Waals surface area contributed by atoms with E-state index in [4.69, 9.17) is 9.41 Å². The summed E-state index contributed by atoms with van der Waals surface area (Å²) in [4.78, 5) is 19.8. The van der Waals surface area contributed by atoms with Crippen molar-refractivity contribution in [3.63, 3.8) is 0 Å². The predicted molar refractivity (Wildman–Crippen MR) is 142 cm³/mol. The number of nitrogens with one attached hydrogen (secondary N) is 3. The molecule has 2 heterocycles. The van der Waals surface area contributed by atoms with Crippen LogP contribution < -0.4 is 16.0 Å². The molecule has 0 aliphatic heterocycles. The molecule has 0 bridgehead atoms. The Morgan fingerprint density at radius 2 is 2.00 bits per heavy atom. The predicted octanol–water partition coefficient (Wildman–Crippen LogP) is 4.88. The molecule has 6 nitrogen and oxygen atoms in total. The Labute approximate surface area is 210 Å². The standard InChI is InChI=1S/C24H30N4O2S.HI/c1-4-25-24(28-17(2)13-22-11-10-18(3)31-22)27-15-19-7-5-8-20(14-19)23(29)26-16-21-9-6-12-30-21;/h5-12,14,17H,4,13,15-16H2,1-3H3,(H,26,29)(H2,25,27,28);1H. The Morgan fingerprint density at radius 3 is 2.69 bits per heavy atom. The summed E-state index contributed by atoms with van der Waals surface area (Å²) < 4.78 is 5.26. The molecule has 1 unspecified atom stereocenters. The second-order valence-corrected chi connectivity index (χ2v) is 8.79. The number of guanidine groups is 1. The van der Waals surface area contributed by atoms with Crippen molar-refractivity contribution in [2.24, 2.45) is 4.99 Å². The molecule has 1 aromatic carbocycles. The number of furan rings is 1. The van der Waals surface area contributed by atoms with Gasteiger partial charge in [0.1, 0.15) is 5.76 Å². The first-order valence-corrected chi connectivity index (χ1v) is 11.3. The molecule has 0 aliphatic rings. The van der Waals surface area contributed by atoms with Gasteiger partial charge >= 0.3 is 0 Å². The second-order valence-electron chi connectivity index (χ2n) is 7.42. The highest BCUT2D eigenvalue weighted by Gasteiger charge is 2.09. The first-order valence-electron chi connectivity index (χ1n) is 10.5. The van der Waals surface area contributed by atoms with Crippen LogP contribution in [0.2, 0.25) is 0 Å². The monoisotopic (exact) mass is 566 g/mol. The van der Waals surface area contributed by atoms with E-state index in [2.05, 4.69) is 48.9 Å². The summed E-state index contributed by atoms with van der Waals surface area (Å²) in [7, 11) is 0. The van der Waals surface area contributed by atoms with Crippen LogP contribution in [-0.2, 0) is 19.5 Å². The molecule has 0 aliphatic carbocycles. The zero-order valence-corrected chi connectivity index (χ0v) is 21.8. The lowest BCUT2D eigenvalue weighted by atomic mass is 10.1. The topological polar surface area (TPSA) is 78.7 Å². The van der Waals surface area contributed by atoms with Crippen molar-refractivity contribution in [2.45, 2.75) is 46.3 Å². The average Bonchev–Trinajstić information content (AvgIpc) is 3.42. The first kappa shape index (κ1) is 25.9. The Bertz CT molecular complexity index is 1000. The fourth-order valence-corrected chi connectivity index (χ4v) is 4.18. The van der Waals surface area contributed by atoms with Crippen LogP contribution in [0.1, 0.15) is 45.3 Å². The molecule has 3 N–H and O–H groups in total. The van der Waals surface area contributed by atoms with Crippen molar-refractivity contribution in [3.8, 4) is 0 Å². The smallest absolute Gasteiger partial charge is 0.251 e. The van der Waals surface area contributed by atoms with E-state index in [0.717, 1.165) is 30.2 Å². The molecule has 3 rings (SSSR count). The van der Waals surface area contributed by atoms with Crippen LogP contribution in [0.25, 0.3) is 0 Å². The number of halogens is 1. The van der Waals surface area contributed by atoms with Crippen LogP contribution in [0.4, 0.5) is 0 Å². The number of nitrogens with zero attached hydrogens (tertiary/aromatic N) is 1. The third kappa shape index (κ3) is 8.31. The zero-order valence-electron chi connectivity index (χ0n) is 18.7. The minimum atomic E-state index is -0.132. The Balaban J connectivity index is 0.00000363. The molecule has 0 radical (unpaired) electrons. The van der Waals surface area contributed by atoms with Crippen molar-refractivity contribution in [1.29, 1.82) is 0 Å². The van der Waals surface area contributed by atoms with Crippen molar-refractivity contribution in [3.05, 3.63) is 81.4 Å². The van der Waals surface area contributed by atoms with Gasteiger partial charge in [-0.3, -0.25) is 4.79 Å². The van der Waals surface area contributed by atoms with Gasteiger partial charge in [-0.05, 0) is 62.7 Å². The number of amides is 1. The number of hydrogen-bond acceptors (Lipinski definition) is 4. The zero-order chi connectivity index (χ0) is 22.1. The molecular weight excluding hydrogens is 535 g/mol. The minimum absolute atomic E-state index is 0. The lowest BCUT2D eigenvalue weighted by Gasteiger charge is -2.17. The van der Waals surface area contributed by atoms with Gasteiger partial charge in [0.2, 0.25) is 0 Å². The molecule has 172 valence electrons. The molecule has 32 heavy (non-hydrogen) atoms. The van der Waals surface area contributed by atoms with E-state index < -0.39 is 0 Å². The van der Waals surface area contributed by atoms with Crippen molar-refractivity contribution in [2.75, 3.05) is 6.54 Å². The maximum atomic E-state index is 12.4. The third-order valence-corrected chi connectivity index (χ3v) is 5.67. The molecule has 0 spiro atoms. The maximum Gasteiger partial charge on any atom is 0.251 e. The van der Waals surface area contributed by atoms with Gasteiger partial charge in [-0.25, -0.2) is 4.99 Å². The van der Waals surface area contributed by atoms with Gasteiger partial charge in [0, 0.05) is 34.3 Å². The van der Waals surface area contributed by atoms with Gasteiger partial charge in [0.15, 0.2) is 5.96 Å². The molecule has 2 aromatic heterocycles. The molecule has 0 saturated heterocycles. The fraction of sp³-hybridized carbons (Fsp3) is 0.333. The Hall–Kier alpha value is -2.33. The highest BCUT2D eigenvalue weighted by atomic mass is 127. The van der Waals surface area contributed by atoms with Gasteiger partial charge < -0.3 is 20.4 Å². The number of rotatable bonds is 9. The average molecular weight is 567 g/mol. The molecular formula is C24H31IN4O2S. The Kier molecular flexibility index (Phi) is 10.8. The number of benzene rings is 1. The third-order valence-electron chi connectivity index (χ3n) is 4.64. The lowest BCUT2D eigenvalue weighted by Crippen LogP contribution is -2.43. The molecule has 0 saturated carbocycles. The fourth-order valence-electron chi connectivity index (χ4n) is 3.16. The summed E-state index contributed by atoms with van der Waals surface area (Å²) in [6.45, 7) is 7.97. The summed E-state index contributed by atoms with van der Waals surface area (Å²) in [6.07, 6.45) is 2.55. The SMILES string of the molecule is CCNC(=NCc1cccc(C(=O)NCc2ccco2)c1)NC(C)Cc1ccc(C)s1.I. The summed E-state index contributed by atoms with van der Waals surface area (Å²) in [5.41, 5.74) is 1.59. The van der Waals surface area contributed by atoms with Crippen LogP contribution in [0.15, 0.2) is 64.2 Å². The van der Waals surface area contributed by atoms with Gasteiger partial charge in [-0.15, -0.1) is 35.3 Å². The summed E-state index contributed by atoms with van der Waals surface area (Å²) in [5.74, 6) is 1.37. The highest BCUT2D eigenvalue weighted by molar-refractivity contribution is 14.0. The summed E-state index contributed by atoms with van der Waals surface area (Å²) in [5, 5.41) is 9.65. The van der Waals surface area contributed by atoms with E-state index in [1.807, 2.05) is 35.6 Å². The van der Waals surface area contributed by atoms with E-state index in [1.165, 1.54) is 9.75 Å². The second kappa shape index (κ2) is 13.3. The molecule has 3 aromatic rings. The van der Waals surface area contributed by atoms with Crippen LogP contribution in [-0.4, -0.2) is 24.5 Å². The quantitative estimate of drug-likeness (QED) is 0.196. The number of aliphatic imine (C=N–C) groups is 1. The van der Waals surface area contributed by atoms with E-state index >= 15 is 0 Å². The number of carbonyl (C=O) groups is 1. The van der Waals surface area contributed by atoms with Crippen molar-refractivity contribution in [1.82, 2.24) is 16.0 Å². The van der Waals surface area contributed by atoms with Gasteiger partial charge in [0.25, 0.3) is 5.91 Å². The molecule has 0 fully saturated rings. The normalized spacial score (nSPS) is 12.0. The number of carbonyl (C=O) groups excluding carboxylic acids is 1. The van der Waals surface area contributed by atoms with Crippen LogP contribution in [0.3, 0.4) is 0 Å². The van der Waals surface area contributed by atoms with Crippen LogP contribution in [0.5, 0.6) is 0 Å². The number of hydrogen-bond donors (Lipinski definition) is 3. The van der Waals surface area contributed by atoms with Crippen molar-refractivity contribution >= 4 is 47.2 Å². The van der Waals surface area contributed by atoms with Crippen LogP contribution in [0, 0.1) is 6.92 Å². The first-order chi connectivity index (χ1) is 15.0. The lowest BCUT2D eigenvalue weighted by molar-refractivity contribution is 0.0948. The van der Waals surface area contributed by atoms with E-state index in [0.29, 0.717) is 18.7 Å². The summed E-state index contributed by atoms with van der Waals surface area (Å²) >= 11 is 1.83.